The molecule has 0 aliphatic carbocycles. The summed E-state index contributed by atoms with van der Waals surface area (Å²) in [4.78, 5) is 15.1. The van der Waals surface area contributed by atoms with E-state index in [9.17, 15) is 9.18 Å². The largest absolute Gasteiger partial charge is 0.481 e. The van der Waals surface area contributed by atoms with E-state index in [4.69, 9.17) is 4.74 Å². The van der Waals surface area contributed by atoms with E-state index in [1.54, 1.807) is 19.1 Å². The van der Waals surface area contributed by atoms with E-state index in [0.717, 1.165) is 17.5 Å². The van der Waals surface area contributed by atoms with Gasteiger partial charge in [0.25, 0.3) is 5.91 Å². The summed E-state index contributed by atoms with van der Waals surface area (Å²) >= 11 is 0. The zero-order chi connectivity index (χ0) is 19.5. The Bertz CT molecular complexity index is 956. The second-order valence-electron chi connectivity index (χ2n) is 7.01. The highest BCUT2D eigenvalue weighted by Crippen LogP contribution is 2.35. The van der Waals surface area contributed by atoms with Gasteiger partial charge in [0.15, 0.2) is 6.10 Å². The van der Waals surface area contributed by atoms with Gasteiger partial charge in [0.2, 0.25) is 0 Å². The Hall–Kier alpha value is -3.14. The number of nitrogens with zero attached hydrogens (tertiary/aromatic N) is 1. The number of ether oxygens (including phenoxy) is 1. The molecule has 4 rings (SSSR count). The molecule has 0 N–H and O–H groups in total. The first-order chi connectivity index (χ1) is 13.6. The zero-order valence-electron chi connectivity index (χ0n) is 15.7. The van der Waals surface area contributed by atoms with Crippen molar-refractivity contribution in [1.82, 2.24) is 4.90 Å². The predicted octanol–water partition coefficient (Wildman–Crippen LogP) is 4.77. The average molecular weight is 375 g/mol. The lowest BCUT2D eigenvalue weighted by atomic mass is 9.88. The molecule has 0 bridgehead atoms. The van der Waals surface area contributed by atoms with Crippen molar-refractivity contribution in [2.45, 2.75) is 25.5 Å². The fraction of sp³-hybridized carbons (Fsp3) is 0.208. The van der Waals surface area contributed by atoms with Crippen LogP contribution in [0.1, 0.15) is 29.7 Å². The van der Waals surface area contributed by atoms with Crippen LogP contribution in [0.25, 0.3) is 0 Å². The number of para-hydroxylation sites is 1. The van der Waals surface area contributed by atoms with Gasteiger partial charge >= 0.3 is 0 Å². The number of rotatable bonds is 4. The zero-order valence-corrected chi connectivity index (χ0v) is 15.7. The molecule has 0 saturated heterocycles. The molecule has 1 aliphatic heterocycles. The highest BCUT2D eigenvalue weighted by Gasteiger charge is 2.34. The van der Waals surface area contributed by atoms with Crippen LogP contribution >= 0.6 is 0 Å². The van der Waals surface area contributed by atoms with Crippen LogP contribution in [0.5, 0.6) is 5.75 Å². The Labute approximate surface area is 164 Å². The molecule has 142 valence electrons. The number of halogens is 1. The van der Waals surface area contributed by atoms with Gasteiger partial charge in [-0.05, 0) is 54.3 Å². The van der Waals surface area contributed by atoms with Crippen LogP contribution in [0.15, 0.2) is 78.9 Å². The first kappa shape index (κ1) is 18.2. The van der Waals surface area contributed by atoms with Crippen LogP contribution in [0.2, 0.25) is 0 Å². The lowest BCUT2D eigenvalue weighted by Gasteiger charge is -2.39. The highest BCUT2D eigenvalue weighted by molar-refractivity contribution is 5.82. The van der Waals surface area contributed by atoms with Crippen molar-refractivity contribution in [1.29, 1.82) is 0 Å². The smallest absolute Gasteiger partial charge is 0.264 e. The molecule has 0 fully saturated rings. The lowest BCUT2D eigenvalue weighted by Crippen LogP contribution is -2.46. The monoisotopic (exact) mass is 375 g/mol. The van der Waals surface area contributed by atoms with Crippen molar-refractivity contribution in [2.75, 3.05) is 6.54 Å². The number of benzene rings is 3. The van der Waals surface area contributed by atoms with Gasteiger partial charge in [0, 0.05) is 6.54 Å². The van der Waals surface area contributed by atoms with E-state index in [0.29, 0.717) is 12.3 Å². The molecule has 1 aliphatic rings. The van der Waals surface area contributed by atoms with Gasteiger partial charge in [-0.1, -0.05) is 54.6 Å². The number of fused-ring (bicyclic) bond motifs is 1. The summed E-state index contributed by atoms with van der Waals surface area (Å²) in [7, 11) is 0. The molecule has 1 heterocycles. The van der Waals surface area contributed by atoms with E-state index in [1.165, 1.54) is 17.7 Å². The molecular weight excluding hydrogens is 353 g/mol. The van der Waals surface area contributed by atoms with Crippen molar-refractivity contribution in [3.05, 3.63) is 101 Å². The summed E-state index contributed by atoms with van der Waals surface area (Å²) in [5.74, 6) is 0.304. The van der Waals surface area contributed by atoms with E-state index in [2.05, 4.69) is 6.07 Å². The molecule has 0 radical (unpaired) electrons. The van der Waals surface area contributed by atoms with Gasteiger partial charge in [-0.2, -0.15) is 0 Å². The molecule has 0 unspecified atom stereocenters. The maximum absolute atomic E-state index is 13.5. The van der Waals surface area contributed by atoms with E-state index in [1.807, 2.05) is 53.4 Å². The van der Waals surface area contributed by atoms with Gasteiger partial charge in [0.1, 0.15) is 11.6 Å². The molecule has 0 spiro atoms. The standard InChI is InChI=1S/C24H22FNO2/c1-17(28-21-8-3-2-4-9-21)24(27)26-16-15-18-7-5-6-10-22(18)23(26)19-11-13-20(25)14-12-19/h2-14,17,23H,15-16H2,1H3/t17-,23+/m1/s1. The van der Waals surface area contributed by atoms with Crippen molar-refractivity contribution in [3.8, 4) is 5.75 Å². The van der Waals surface area contributed by atoms with Crippen molar-refractivity contribution < 1.29 is 13.9 Å². The summed E-state index contributed by atoms with van der Waals surface area (Å²) < 4.78 is 19.3. The third-order valence-electron chi connectivity index (χ3n) is 5.16. The number of carbonyl (C=O) groups is 1. The fourth-order valence-corrected chi connectivity index (χ4v) is 3.80. The third kappa shape index (κ3) is 3.63. The fourth-order valence-electron chi connectivity index (χ4n) is 3.80. The summed E-state index contributed by atoms with van der Waals surface area (Å²) in [6.07, 6.45) is 0.174. The second-order valence-corrected chi connectivity index (χ2v) is 7.01. The molecule has 3 nitrogen and oxygen atoms in total. The van der Waals surface area contributed by atoms with Crippen LogP contribution in [0.4, 0.5) is 4.39 Å². The summed E-state index contributed by atoms with van der Waals surface area (Å²) in [6, 6.07) is 23.6. The highest BCUT2D eigenvalue weighted by atomic mass is 19.1. The number of hydrogen-bond acceptors (Lipinski definition) is 2. The van der Waals surface area contributed by atoms with Gasteiger partial charge < -0.3 is 9.64 Å². The second kappa shape index (κ2) is 7.85. The third-order valence-corrected chi connectivity index (χ3v) is 5.16. The quantitative estimate of drug-likeness (QED) is 0.658. The Morgan fingerprint density at radius 3 is 2.43 bits per heavy atom. The number of carbonyl (C=O) groups excluding carboxylic acids is 1. The molecule has 3 aromatic rings. The number of amides is 1. The number of hydrogen-bond donors (Lipinski definition) is 0. The van der Waals surface area contributed by atoms with Crippen LogP contribution in [-0.4, -0.2) is 23.5 Å². The topological polar surface area (TPSA) is 29.5 Å². The van der Waals surface area contributed by atoms with Crippen molar-refractivity contribution in [2.24, 2.45) is 0 Å². The van der Waals surface area contributed by atoms with E-state index >= 15 is 0 Å². The van der Waals surface area contributed by atoms with Crippen molar-refractivity contribution >= 4 is 5.91 Å². The van der Waals surface area contributed by atoms with E-state index < -0.39 is 6.10 Å². The summed E-state index contributed by atoms with van der Waals surface area (Å²) in [6.45, 7) is 2.37. The van der Waals surface area contributed by atoms with Gasteiger partial charge in [-0.25, -0.2) is 4.39 Å². The Morgan fingerprint density at radius 1 is 1.00 bits per heavy atom. The first-order valence-corrected chi connectivity index (χ1v) is 9.49. The summed E-state index contributed by atoms with van der Waals surface area (Å²) in [5.41, 5.74) is 3.20. The Kier molecular flexibility index (Phi) is 5.11. The minimum absolute atomic E-state index is 0.0762. The molecule has 2 atom stereocenters. The minimum Gasteiger partial charge on any atom is -0.481 e. The maximum atomic E-state index is 13.5. The maximum Gasteiger partial charge on any atom is 0.264 e. The lowest BCUT2D eigenvalue weighted by molar-refractivity contribution is -0.140. The van der Waals surface area contributed by atoms with Crippen LogP contribution < -0.4 is 4.74 Å². The normalized spacial score (nSPS) is 16.9. The molecular formula is C24H22FNO2. The molecule has 3 aromatic carbocycles. The Balaban J connectivity index is 1.66. The molecule has 4 heteroatoms. The van der Waals surface area contributed by atoms with E-state index in [-0.39, 0.29) is 17.8 Å². The SMILES string of the molecule is C[C@@H](Oc1ccccc1)C(=O)N1CCc2ccccc2[C@@H]1c1ccc(F)cc1. The molecule has 0 aromatic heterocycles. The van der Waals surface area contributed by atoms with Crippen LogP contribution in [0.3, 0.4) is 0 Å². The summed E-state index contributed by atoms with van der Waals surface area (Å²) in [5, 5.41) is 0. The predicted molar refractivity (Wildman–Crippen MR) is 107 cm³/mol. The molecule has 1 amide bonds. The van der Waals surface area contributed by atoms with Gasteiger partial charge in [-0.3, -0.25) is 4.79 Å². The Morgan fingerprint density at radius 2 is 1.68 bits per heavy atom. The molecule has 28 heavy (non-hydrogen) atoms. The van der Waals surface area contributed by atoms with Crippen molar-refractivity contribution in [3.63, 3.8) is 0 Å². The minimum atomic E-state index is -0.615. The van der Waals surface area contributed by atoms with Crippen LogP contribution in [-0.2, 0) is 11.2 Å². The van der Waals surface area contributed by atoms with Gasteiger partial charge in [-0.15, -0.1) is 0 Å². The average Bonchev–Trinajstić information content (AvgIpc) is 2.74. The first-order valence-electron chi connectivity index (χ1n) is 9.49. The molecule has 0 saturated carbocycles. The van der Waals surface area contributed by atoms with Crippen LogP contribution in [0, 0.1) is 5.82 Å². The van der Waals surface area contributed by atoms with Gasteiger partial charge in [0.05, 0.1) is 6.04 Å².